The molecule has 0 saturated carbocycles. The number of nitrogens with zero attached hydrogens (tertiary/aromatic N) is 3. The van der Waals surface area contributed by atoms with Gasteiger partial charge in [-0.3, -0.25) is 0 Å². The Bertz CT molecular complexity index is 893. The van der Waals surface area contributed by atoms with Crippen LogP contribution in [0.4, 0.5) is 14.9 Å². The minimum Gasteiger partial charge on any atom is -0.336 e. The summed E-state index contributed by atoms with van der Waals surface area (Å²) in [5.74, 6) is 0.354. The smallest absolute Gasteiger partial charge is 0.322 e. The number of nitrogens with one attached hydrogen (secondary N) is 1. The van der Waals surface area contributed by atoms with Gasteiger partial charge in [0.15, 0.2) is 0 Å². The van der Waals surface area contributed by atoms with Crippen molar-refractivity contribution >= 4 is 23.3 Å². The number of aryl methyl sites for hydroxylation is 1. The number of halogens is 2. The molecule has 0 aliphatic rings. The minimum absolute atomic E-state index is 0.334. The molecule has 3 aromatic rings. The first-order valence-corrected chi connectivity index (χ1v) is 8.35. The molecular formula is C19H18ClFN4O. The molecule has 2 aromatic carbocycles. The predicted octanol–water partition coefficient (Wildman–Crippen LogP) is 4.47. The monoisotopic (exact) mass is 372 g/mol. The Labute approximate surface area is 156 Å². The molecule has 1 aromatic heterocycles. The Morgan fingerprint density at radius 1 is 1.19 bits per heavy atom. The molecule has 0 bridgehead atoms. The van der Waals surface area contributed by atoms with Crippen LogP contribution in [0.25, 0.3) is 0 Å². The normalized spacial score (nSPS) is 11.8. The molecule has 0 fully saturated rings. The van der Waals surface area contributed by atoms with Crippen LogP contribution in [0.2, 0.25) is 5.02 Å². The van der Waals surface area contributed by atoms with Gasteiger partial charge in [0, 0.05) is 37.2 Å². The summed E-state index contributed by atoms with van der Waals surface area (Å²) in [5.41, 5.74) is 1.39. The zero-order valence-corrected chi connectivity index (χ0v) is 15.1. The van der Waals surface area contributed by atoms with Crippen molar-refractivity contribution in [3.8, 4) is 0 Å². The summed E-state index contributed by atoms with van der Waals surface area (Å²) >= 11 is 5.99. The zero-order chi connectivity index (χ0) is 18.7. The number of carbonyl (C=O) groups is 1. The molecule has 0 radical (unpaired) electrons. The van der Waals surface area contributed by atoms with E-state index in [9.17, 15) is 9.18 Å². The summed E-state index contributed by atoms with van der Waals surface area (Å²) in [7, 11) is 3.56. The van der Waals surface area contributed by atoms with E-state index in [2.05, 4.69) is 10.3 Å². The van der Waals surface area contributed by atoms with Crippen molar-refractivity contribution in [2.45, 2.75) is 6.04 Å². The van der Waals surface area contributed by atoms with E-state index in [0.717, 1.165) is 5.56 Å². The van der Waals surface area contributed by atoms with Crippen molar-refractivity contribution in [1.29, 1.82) is 0 Å². The average Bonchev–Trinajstić information content (AvgIpc) is 3.04. The standard InChI is InChI=1S/C19H18ClFN4O/c1-24-12-11-22-18(24)17(13-3-5-14(20)6-4-13)25(2)19(26)23-16-9-7-15(21)8-10-16/h3-12,17H,1-2H3,(H,23,26)/t17-/m1/s1. The van der Waals surface area contributed by atoms with Crippen LogP contribution >= 0.6 is 11.6 Å². The number of benzene rings is 2. The Kier molecular flexibility index (Phi) is 5.23. The maximum atomic E-state index is 13.1. The molecule has 2 amide bonds. The van der Waals surface area contributed by atoms with Gasteiger partial charge in [0.25, 0.3) is 0 Å². The molecule has 134 valence electrons. The SMILES string of the molecule is CN(C(=O)Nc1ccc(F)cc1)[C@H](c1ccc(Cl)cc1)c1nccn1C. The number of carbonyl (C=O) groups excluding carboxylic acids is 1. The molecule has 1 N–H and O–H groups in total. The van der Waals surface area contributed by atoms with Crippen LogP contribution in [0.5, 0.6) is 0 Å². The number of imidazole rings is 1. The van der Waals surface area contributed by atoms with Gasteiger partial charge in [0.1, 0.15) is 17.7 Å². The third kappa shape index (κ3) is 3.86. The molecule has 0 spiro atoms. The van der Waals surface area contributed by atoms with Gasteiger partial charge in [-0.1, -0.05) is 23.7 Å². The molecule has 26 heavy (non-hydrogen) atoms. The van der Waals surface area contributed by atoms with Crippen molar-refractivity contribution in [1.82, 2.24) is 14.5 Å². The first kappa shape index (κ1) is 17.9. The van der Waals surface area contributed by atoms with E-state index in [-0.39, 0.29) is 11.8 Å². The minimum atomic E-state index is -0.410. The summed E-state index contributed by atoms with van der Waals surface area (Å²) in [6, 6.07) is 12.2. The second kappa shape index (κ2) is 7.58. The van der Waals surface area contributed by atoms with E-state index in [0.29, 0.717) is 16.5 Å². The Hall–Kier alpha value is -2.86. The lowest BCUT2D eigenvalue weighted by Crippen LogP contribution is -2.36. The van der Waals surface area contributed by atoms with Gasteiger partial charge in [-0.25, -0.2) is 14.2 Å². The lowest BCUT2D eigenvalue weighted by Gasteiger charge is -2.28. The van der Waals surface area contributed by atoms with Crippen LogP contribution < -0.4 is 5.32 Å². The van der Waals surface area contributed by atoms with E-state index in [1.807, 2.05) is 29.9 Å². The highest BCUT2D eigenvalue weighted by atomic mass is 35.5. The Morgan fingerprint density at radius 3 is 2.42 bits per heavy atom. The largest absolute Gasteiger partial charge is 0.336 e. The van der Waals surface area contributed by atoms with E-state index in [1.165, 1.54) is 24.3 Å². The molecule has 7 heteroatoms. The van der Waals surface area contributed by atoms with Crippen LogP contribution in [-0.4, -0.2) is 27.5 Å². The molecule has 0 unspecified atom stereocenters. The second-order valence-electron chi connectivity index (χ2n) is 5.90. The fourth-order valence-electron chi connectivity index (χ4n) is 2.69. The number of aromatic nitrogens is 2. The highest BCUT2D eigenvalue weighted by Crippen LogP contribution is 2.28. The van der Waals surface area contributed by atoms with Gasteiger partial charge < -0.3 is 14.8 Å². The first-order chi connectivity index (χ1) is 12.5. The van der Waals surface area contributed by atoms with Gasteiger partial charge in [0.2, 0.25) is 0 Å². The zero-order valence-electron chi connectivity index (χ0n) is 14.4. The van der Waals surface area contributed by atoms with Crippen LogP contribution in [0.15, 0.2) is 60.9 Å². The molecule has 5 nitrogen and oxygen atoms in total. The van der Waals surface area contributed by atoms with Crippen molar-refractivity contribution in [2.75, 3.05) is 12.4 Å². The second-order valence-corrected chi connectivity index (χ2v) is 6.33. The summed E-state index contributed by atoms with van der Waals surface area (Å²) in [5, 5.41) is 3.39. The third-order valence-electron chi connectivity index (χ3n) is 4.09. The van der Waals surface area contributed by atoms with E-state index < -0.39 is 6.04 Å². The van der Waals surface area contributed by atoms with Gasteiger partial charge >= 0.3 is 6.03 Å². The molecular weight excluding hydrogens is 355 g/mol. The molecule has 3 rings (SSSR count). The van der Waals surface area contributed by atoms with Crippen molar-refractivity contribution in [3.63, 3.8) is 0 Å². The van der Waals surface area contributed by atoms with E-state index in [1.54, 1.807) is 30.3 Å². The maximum Gasteiger partial charge on any atom is 0.322 e. The summed E-state index contributed by atoms with van der Waals surface area (Å²) in [6.45, 7) is 0. The van der Waals surface area contributed by atoms with Crippen LogP contribution in [0.3, 0.4) is 0 Å². The fourth-order valence-corrected chi connectivity index (χ4v) is 2.82. The van der Waals surface area contributed by atoms with Gasteiger partial charge in [-0.15, -0.1) is 0 Å². The number of hydrogen-bond donors (Lipinski definition) is 1. The highest BCUT2D eigenvalue weighted by Gasteiger charge is 2.26. The van der Waals surface area contributed by atoms with Crippen molar-refractivity contribution in [3.05, 3.63) is 83.2 Å². The first-order valence-electron chi connectivity index (χ1n) is 7.98. The number of hydrogen-bond acceptors (Lipinski definition) is 2. The van der Waals surface area contributed by atoms with Gasteiger partial charge in [-0.2, -0.15) is 0 Å². The van der Waals surface area contributed by atoms with Crippen molar-refractivity contribution in [2.24, 2.45) is 7.05 Å². The topological polar surface area (TPSA) is 50.2 Å². The number of rotatable bonds is 4. The quantitative estimate of drug-likeness (QED) is 0.734. The average molecular weight is 373 g/mol. The maximum absolute atomic E-state index is 13.1. The van der Waals surface area contributed by atoms with Crippen LogP contribution in [-0.2, 0) is 7.05 Å². The third-order valence-corrected chi connectivity index (χ3v) is 4.34. The van der Waals surface area contributed by atoms with Gasteiger partial charge in [0.05, 0.1) is 0 Å². The molecule has 1 heterocycles. The lowest BCUT2D eigenvalue weighted by molar-refractivity contribution is 0.209. The van der Waals surface area contributed by atoms with Crippen LogP contribution in [0, 0.1) is 5.82 Å². The fraction of sp³-hybridized carbons (Fsp3) is 0.158. The van der Waals surface area contributed by atoms with Crippen molar-refractivity contribution < 1.29 is 9.18 Å². The predicted molar refractivity (Wildman–Crippen MR) is 99.7 cm³/mol. The van der Waals surface area contributed by atoms with Crippen LogP contribution in [0.1, 0.15) is 17.4 Å². The molecule has 1 atom stereocenters. The molecule has 0 saturated heterocycles. The highest BCUT2D eigenvalue weighted by molar-refractivity contribution is 6.30. The number of anilines is 1. The molecule has 0 aliphatic heterocycles. The van der Waals surface area contributed by atoms with E-state index >= 15 is 0 Å². The van der Waals surface area contributed by atoms with Gasteiger partial charge in [-0.05, 0) is 42.0 Å². The summed E-state index contributed by atoms with van der Waals surface area (Å²) < 4.78 is 14.9. The summed E-state index contributed by atoms with van der Waals surface area (Å²) in [6.07, 6.45) is 3.51. The Balaban J connectivity index is 1.90. The lowest BCUT2D eigenvalue weighted by atomic mass is 10.1. The Morgan fingerprint density at radius 2 is 1.85 bits per heavy atom. The molecule has 0 aliphatic carbocycles. The number of urea groups is 1. The number of amides is 2. The summed E-state index contributed by atoms with van der Waals surface area (Å²) in [4.78, 5) is 18.7. The van der Waals surface area contributed by atoms with E-state index in [4.69, 9.17) is 11.6 Å².